The van der Waals surface area contributed by atoms with E-state index in [2.05, 4.69) is 10.1 Å². The summed E-state index contributed by atoms with van der Waals surface area (Å²) in [6.07, 6.45) is 0.647. The maximum atomic E-state index is 12.4. The van der Waals surface area contributed by atoms with E-state index in [-0.39, 0.29) is 11.7 Å². The molecule has 6 nitrogen and oxygen atoms in total. The zero-order valence-electron chi connectivity index (χ0n) is 12.7. The maximum Gasteiger partial charge on any atom is 0.292 e. The summed E-state index contributed by atoms with van der Waals surface area (Å²) in [4.78, 5) is 18.7. The van der Waals surface area contributed by atoms with Gasteiger partial charge in [0.2, 0.25) is 11.7 Å². The molecule has 116 valence electrons. The lowest BCUT2D eigenvalue weighted by molar-refractivity contribution is 0.0685. The number of rotatable bonds is 2. The zero-order valence-corrected chi connectivity index (χ0v) is 12.7. The van der Waals surface area contributed by atoms with Gasteiger partial charge in [0.1, 0.15) is 11.5 Å². The molecule has 0 unspecified atom stereocenters. The monoisotopic (exact) mass is 309 g/mol. The van der Waals surface area contributed by atoms with Gasteiger partial charge in [0.05, 0.1) is 12.2 Å². The second kappa shape index (κ2) is 5.39. The first-order valence-corrected chi connectivity index (χ1v) is 7.47. The highest BCUT2D eigenvalue weighted by atomic mass is 16.5. The highest BCUT2D eigenvalue weighted by Gasteiger charge is 2.28. The molecule has 0 aliphatic carbocycles. The molecule has 1 amide bonds. The van der Waals surface area contributed by atoms with Gasteiger partial charge in [0, 0.05) is 24.6 Å². The molecule has 1 aliphatic rings. The molecule has 1 aromatic carbocycles. The Morgan fingerprint density at radius 2 is 2.09 bits per heavy atom. The number of carbonyl (C=O) groups is 1. The molecule has 0 saturated carbocycles. The van der Waals surface area contributed by atoms with Crippen molar-refractivity contribution in [1.82, 2.24) is 15.0 Å². The molecule has 0 saturated heterocycles. The molecule has 0 atom stereocenters. The van der Waals surface area contributed by atoms with E-state index >= 15 is 0 Å². The number of benzene rings is 1. The number of aryl methyl sites for hydroxylation is 1. The Morgan fingerprint density at radius 3 is 2.83 bits per heavy atom. The van der Waals surface area contributed by atoms with E-state index in [1.165, 1.54) is 0 Å². The largest absolute Gasteiger partial charge is 0.441 e. The standard InChI is InChI=1S/C17H15N3O3/c1-11-9-15(23-19-11)17(21)20-8-7-14-13(10-20)18-16(22-14)12-5-3-2-4-6-12/h2-6,9H,7-8,10H2,1H3. The fourth-order valence-electron chi connectivity index (χ4n) is 2.70. The van der Waals surface area contributed by atoms with Crippen molar-refractivity contribution < 1.29 is 13.7 Å². The molecule has 3 aromatic rings. The second-order valence-electron chi connectivity index (χ2n) is 5.56. The normalized spacial score (nSPS) is 13.9. The molecular formula is C17H15N3O3. The van der Waals surface area contributed by atoms with Crippen LogP contribution in [0.1, 0.15) is 27.7 Å². The molecule has 0 N–H and O–H groups in total. The number of aromatic nitrogens is 2. The van der Waals surface area contributed by atoms with E-state index in [9.17, 15) is 4.79 Å². The fraction of sp³-hybridized carbons (Fsp3) is 0.235. The van der Waals surface area contributed by atoms with Gasteiger partial charge in [-0.3, -0.25) is 4.79 Å². The van der Waals surface area contributed by atoms with Crippen LogP contribution in [0.5, 0.6) is 0 Å². The van der Waals surface area contributed by atoms with Gasteiger partial charge in [-0.25, -0.2) is 4.98 Å². The minimum absolute atomic E-state index is 0.166. The third kappa shape index (κ3) is 2.52. The Bertz CT molecular complexity index is 851. The van der Waals surface area contributed by atoms with Crippen LogP contribution >= 0.6 is 0 Å². The number of oxazole rings is 1. The molecule has 23 heavy (non-hydrogen) atoms. The van der Waals surface area contributed by atoms with Crippen LogP contribution in [0.4, 0.5) is 0 Å². The van der Waals surface area contributed by atoms with E-state index in [4.69, 9.17) is 8.94 Å². The molecule has 2 aromatic heterocycles. The van der Waals surface area contributed by atoms with Crippen molar-refractivity contribution >= 4 is 5.91 Å². The molecule has 0 spiro atoms. The Kier molecular flexibility index (Phi) is 3.22. The van der Waals surface area contributed by atoms with Gasteiger partial charge >= 0.3 is 0 Å². The molecule has 6 heteroatoms. The summed E-state index contributed by atoms with van der Waals surface area (Å²) < 4.78 is 10.9. The summed E-state index contributed by atoms with van der Waals surface area (Å²) in [7, 11) is 0. The first-order chi connectivity index (χ1) is 11.2. The number of fused-ring (bicyclic) bond motifs is 1. The van der Waals surface area contributed by atoms with Gasteiger partial charge < -0.3 is 13.8 Å². The van der Waals surface area contributed by atoms with E-state index in [0.29, 0.717) is 31.1 Å². The van der Waals surface area contributed by atoms with Crippen LogP contribution in [0.3, 0.4) is 0 Å². The quantitative estimate of drug-likeness (QED) is 0.728. The smallest absolute Gasteiger partial charge is 0.292 e. The van der Waals surface area contributed by atoms with Crippen LogP contribution in [0.2, 0.25) is 0 Å². The lowest BCUT2D eigenvalue weighted by Gasteiger charge is -2.23. The van der Waals surface area contributed by atoms with E-state index < -0.39 is 0 Å². The SMILES string of the molecule is Cc1cc(C(=O)N2CCc3oc(-c4ccccc4)nc3C2)on1. The van der Waals surface area contributed by atoms with Crippen molar-refractivity contribution in [2.24, 2.45) is 0 Å². The number of amides is 1. The summed E-state index contributed by atoms with van der Waals surface area (Å²) in [5.41, 5.74) is 2.43. The van der Waals surface area contributed by atoms with Gasteiger partial charge in [0.15, 0.2) is 0 Å². The van der Waals surface area contributed by atoms with Gasteiger partial charge in [-0.05, 0) is 19.1 Å². The summed E-state index contributed by atoms with van der Waals surface area (Å²) in [6, 6.07) is 11.4. The highest BCUT2D eigenvalue weighted by molar-refractivity contribution is 5.91. The first kappa shape index (κ1) is 13.8. The maximum absolute atomic E-state index is 12.4. The zero-order chi connectivity index (χ0) is 15.8. The molecular weight excluding hydrogens is 294 g/mol. The minimum Gasteiger partial charge on any atom is -0.441 e. The Hall–Kier alpha value is -2.89. The molecule has 0 fully saturated rings. The third-order valence-electron chi connectivity index (χ3n) is 3.87. The van der Waals surface area contributed by atoms with Crippen LogP contribution in [0.15, 0.2) is 45.3 Å². The van der Waals surface area contributed by atoms with Crippen molar-refractivity contribution in [2.45, 2.75) is 19.9 Å². The van der Waals surface area contributed by atoms with E-state index in [1.807, 2.05) is 30.3 Å². The van der Waals surface area contributed by atoms with Gasteiger partial charge in [-0.2, -0.15) is 0 Å². The van der Waals surface area contributed by atoms with Crippen LogP contribution in [0, 0.1) is 6.92 Å². The van der Waals surface area contributed by atoms with Gasteiger partial charge in [-0.15, -0.1) is 0 Å². The lowest BCUT2D eigenvalue weighted by Crippen LogP contribution is -2.35. The van der Waals surface area contributed by atoms with Crippen LogP contribution < -0.4 is 0 Å². The predicted molar refractivity (Wildman–Crippen MR) is 81.6 cm³/mol. The highest BCUT2D eigenvalue weighted by Crippen LogP contribution is 2.26. The van der Waals surface area contributed by atoms with Crippen molar-refractivity contribution in [3.8, 4) is 11.5 Å². The van der Waals surface area contributed by atoms with Crippen molar-refractivity contribution in [3.63, 3.8) is 0 Å². The second-order valence-corrected chi connectivity index (χ2v) is 5.56. The molecule has 3 heterocycles. The van der Waals surface area contributed by atoms with Crippen LogP contribution in [-0.4, -0.2) is 27.5 Å². The number of hydrogen-bond donors (Lipinski definition) is 0. The Morgan fingerprint density at radius 1 is 1.26 bits per heavy atom. The Labute approximate surface area is 132 Å². The minimum atomic E-state index is -0.166. The third-order valence-corrected chi connectivity index (χ3v) is 3.87. The number of carbonyl (C=O) groups excluding carboxylic acids is 1. The molecule has 4 rings (SSSR count). The average molecular weight is 309 g/mol. The summed E-state index contributed by atoms with van der Waals surface area (Å²) in [5.74, 6) is 1.54. The average Bonchev–Trinajstić information content (AvgIpc) is 3.20. The topological polar surface area (TPSA) is 72.4 Å². The summed E-state index contributed by atoms with van der Waals surface area (Å²) >= 11 is 0. The molecule has 0 radical (unpaired) electrons. The number of hydrogen-bond acceptors (Lipinski definition) is 5. The number of nitrogens with zero attached hydrogens (tertiary/aromatic N) is 3. The fourth-order valence-corrected chi connectivity index (χ4v) is 2.70. The van der Waals surface area contributed by atoms with Crippen LogP contribution in [-0.2, 0) is 13.0 Å². The van der Waals surface area contributed by atoms with Crippen molar-refractivity contribution in [1.29, 1.82) is 0 Å². The molecule has 1 aliphatic heterocycles. The summed E-state index contributed by atoms with van der Waals surface area (Å²) in [5, 5.41) is 3.76. The van der Waals surface area contributed by atoms with Crippen LogP contribution in [0.25, 0.3) is 11.5 Å². The summed E-state index contributed by atoms with van der Waals surface area (Å²) in [6.45, 7) is 2.79. The van der Waals surface area contributed by atoms with Gasteiger partial charge in [-0.1, -0.05) is 23.4 Å². The van der Waals surface area contributed by atoms with Gasteiger partial charge in [0.25, 0.3) is 5.91 Å². The first-order valence-electron chi connectivity index (χ1n) is 7.47. The van der Waals surface area contributed by atoms with E-state index in [1.54, 1.807) is 17.9 Å². The predicted octanol–water partition coefficient (Wildman–Crippen LogP) is 2.84. The Balaban J connectivity index is 1.58. The molecule has 0 bridgehead atoms. The van der Waals surface area contributed by atoms with Crippen molar-refractivity contribution in [3.05, 3.63) is 59.3 Å². The van der Waals surface area contributed by atoms with E-state index in [0.717, 1.165) is 17.0 Å². The van der Waals surface area contributed by atoms with Crippen molar-refractivity contribution in [2.75, 3.05) is 6.54 Å². The lowest BCUT2D eigenvalue weighted by atomic mass is 10.1.